The van der Waals surface area contributed by atoms with Gasteiger partial charge in [-0.1, -0.05) is 30.3 Å². The van der Waals surface area contributed by atoms with Crippen molar-refractivity contribution in [1.29, 1.82) is 0 Å². The fourth-order valence-corrected chi connectivity index (χ4v) is 5.10. The van der Waals surface area contributed by atoms with E-state index >= 15 is 0 Å². The number of nitrogens with zero attached hydrogens (tertiary/aromatic N) is 1. The summed E-state index contributed by atoms with van der Waals surface area (Å²) >= 11 is 0. The van der Waals surface area contributed by atoms with Gasteiger partial charge in [-0.15, -0.1) is 0 Å². The van der Waals surface area contributed by atoms with Crippen molar-refractivity contribution in [2.24, 2.45) is 5.41 Å². The van der Waals surface area contributed by atoms with Crippen molar-refractivity contribution in [1.82, 2.24) is 10.2 Å². The Kier molecular flexibility index (Phi) is 5.28. The monoisotopic (exact) mass is 372 g/mol. The molecule has 27 heavy (non-hydrogen) atoms. The highest BCUT2D eigenvalue weighted by Crippen LogP contribution is 2.44. The van der Waals surface area contributed by atoms with Crippen LogP contribution in [0, 0.1) is 5.41 Å². The molecule has 1 aliphatic heterocycles. The van der Waals surface area contributed by atoms with E-state index in [2.05, 4.69) is 40.5 Å². The minimum Gasteiger partial charge on any atom is -0.480 e. The number of carbonyl (C=O) groups is 1. The molecule has 3 aliphatic rings. The first-order valence-corrected chi connectivity index (χ1v) is 10.3. The number of rotatable bonds is 8. The number of nitrogens with one attached hydrogen (secondary N) is 1. The lowest BCUT2D eigenvalue weighted by atomic mass is 9.71. The second-order valence-corrected chi connectivity index (χ2v) is 8.85. The van der Waals surface area contributed by atoms with E-state index in [0.29, 0.717) is 12.0 Å². The fourth-order valence-electron chi connectivity index (χ4n) is 5.10. The van der Waals surface area contributed by atoms with E-state index in [1.54, 1.807) is 7.11 Å². The van der Waals surface area contributed by atoms with E-state index < -0.39 is 11.5 Å². The summed E-state index contributed by atoms with van der Waals surface area (Å²) in [5.74, 6) is 0.00550. The molecule has 5 heteroatoms. The predicted molar refractivity (Wildman–Crippen MR) is 105 cm³/mol. The maximum absolute atomic E-state index is 11.8. The van der Waals surface area contributed by atoms with E-state index in [0.717, 1.165) is 58.3 Å². The van der Waals surface area contributed by atoms with Crippen LogP contribution in [-0.2, 0) is 9.53 Å². The van der Waals surface area contributed by atoms with Gasteiger partial charge in [-0.2, -0.15) is 0 Å². The number of methoxy groups -OCH3 is 1. The number of hydrogen-bond acceptors (Lipinski definition) is 4. The quantitative estimate of drug-likeness (QED) is 0.735. The zero-order chi connectivity index (χ0) is 18.9. The Morgan fingerprint density at radius 3 is 2.48 bits per heavy atom. The molecule has 0 aromatic heterocycles. The van der Waals surface area contributed by atoms with Crippen LogP contribution in [0.5, 0.6) is 0 Å². The summed E-state index contributed by atoms with van der Waals surface area (Å²) in [6.45, 7) is 3.44. The normalized spacial score (nSPS) is 29.1. The van der Waals surface area contributed by atoms with Gasteiger partial charge in [-0.25, -0.2) is 0 Å². The Morgan fingerprint density at radius 1 is 1.22 bits per heavy atom. The summed E-state index contributed by atoms with van der Waals surface area (Å²) in [6.07, 6.45) is 5.87. The summed E-state index contributed by atoms with van der Waals surface area (Å²) < 4.78 is 5.58. The third kappa shape index (κ3) is 3.65. The Labute approximate surface area is 162 Å². The Balaban J connectivity index is 1.33. The lowest BCUT2D eigenvalue weighted by molar-refractivity contribution is -0.161. The van der Waals surface area contributed by atoms with Crippen molar-refractivity contribution >= 4 is 5.97 Å². The van der Waals surface area contributed by atoms with Gasteiger partial charge in [0.1, 0.15) is 5.54 Å². The largest absolute Gasteiger partial charge is 0.480 e. The molecule has 148 valence electrons. The molecule has 2 saturated carbocycles. The van der Waals surface area contributed by atoms with E-state index in [1.807, 2.05) is 0 Å². The van der Waals surface area contributed by atoms with Crippen LogP contribution < -0.4 is 5.32 Å². The molecule has 3 fully saturated rings. The molecule has 1 unspecified atom stereocenters. The molecule has 1 heterocycles. The smallest absolute Gasteiger partial charge is 0.324 e. The average Bonchev–Trinajstić information content (AvgIpc) is 3.41. The van der Waals surface area contributed by atoms with Gasteiger partial charge >= 0.3 is 5.97 Å². The zero-order valence-corrected chi connectivity index (χ0v) is 16.3. The van der Waals surface area contributed by atoms with Gasteiger partial charge in [-0.05, 0) is 57.2 Å². The van der Waals surface area contributed by atoms with Crippen molar-refractivity contribution < 1.29 is 14.6 Å². The van der Waals surface area contributed by atoms with Crippen molar-refractivity contribution in [2.45, 2.75) is 56.0 Å². The summed E-state index contributed by atoms with van der Waals surface area (Å²) in [4.78, 5) is 14.0. The minimum atomic E-state index is -0.630. The molecular weight excluding hydrogens is 340 g/mol. The number of piperidine rings is 1. The van der Waals surface area contributed by atoms with Crippen LogP contribution in [-0.4, -0.2) is 60.9 Å². The lowest BCUT2D eigenvalue weighted by Gasteiger charge is -2.52. The highest BCUT2D eigenvalue weighted by molar-refractivity contribution is 5.80. The van der Waals surface area contributed by atoms with Crippen molar-refractivity contribution in [2.75, 3.05) is 33.4 Å². The second kappa shape index (κ2) is 7.53. The summed E-state index contributed by atoms with van der Waals surface area (Å²) in [5, 5.41) is 13.5. The molecule has 0 radical (unpaired) electrons. The topological polar surface area (TPSA) is 61.8 Å². The molecule has 0 spiro atoms. The molecule has 1 aromatic rings. The minimum absolute atomic E-state index is 0.124. The highest BCUT2D eigenvalue weighted by Gasteiger charge is 2.51. The number of carboxylic acids is 1. The molecule has 2 N–H and O–H groups in total. The first-order chi connectivity index (χ1) is 13.1. The van der Waals surface area contributed by atoms with Gasteiger partial charge in [0.05, 0.1) is 6.61 Å². The van der Waals surface area contributed by atoms with Crippen LogP contribution in [0.15, 0.2) is 30.3 Å². The third-order valence-electron chi connectivity index (χ3n) is 7.22. The molecule has 4 rings (SSSR count). The standard InChI is InChI=1S/C22H32N2O3/c1-27-16-21(15-23-19-14-18(19)17-6-3-2-4-7-17)10-12-24(13-11-21)22(20(25)26)8-5-9-22/h2-4,6-7,18-19,23H,5,8-16H2,1H3,(H,25,26)/t18-,19?/m0/s1. The van der Waals surface area contributed by atoms with Gasteiger partial charge in [0.25, 0.3) is 0 Å². The maximum Gasteiger partial charge on any atom is 0.324 e. The summed E-state index contributed by atoms with van der Waals surface area (Å²) in [6, 6.07) is 11.3. The van der Waals surface area contributed by atoms with E-state index in [9.17, 15) is 9.90 Å². The van der Waals surface area contributed by atoms with Crippen molar-refractivity contribution in [3.05, 3.63) is 35.9 Å². The molecular formula is C22H32N2O3. The summed E-state index contributed by atoms with van der Waals surface area (Å²) in [5.41, 5.74) is 0.971. The lowest BCUT2D eigenvalue weighted by Crippen LogP contribution is -2.63. The second-order valence-electron chi connectivity index (χ2n) is 8.85. The van der Waals surface area contributed by atoms with Gasteiger partial charge in [-0.3, -0.25) is 9.69 Å². The first-order valence-electron chi connectivity index (χ1n) is 10.3. The van der Waals surface area contributed by atoms with Gasteiger partial charge in [0.15, 0.2) is 0 Å². The fraction of sp³-hybridized carbons (Fsp3) is 0.682. The molecule has 0 bridgehead atoms. The van der Waals surface area contributed by atoms with Gasteiger partial charge < -0.3 is 15.2 Å². The Morgan fingerprint density at radius 2 is 1.93 bits per heavy atom. The van der Waals surface area contributed by atoms with E-state index in [1.165, 1.54) is 12.0 Å². The van der Waals surface area contributed by atoms with Crippen LogP contribution in [0.2, 0.25) is 0 Å². The van der Waals surface area contributed by atoms with Crippen LogP contribution in [0.4, 0.5) is 0 Å². The molecule has 1 saturated heterocycles. The number of hydrogen-bond donors (Lipinski definition) is 2. The number of carboxylic acid groups (broad SMARTS) is 1. The van der Waals surface area contributed by atoms with Crippen molar-refractivity contribution in [3.63, 3.8) is 0 Å². The molecule has 2 atom stereocenters. The Hall–Kier alpha value is -1.43. The van der Waals surface area contributed by atoms with Gasteiger partial charge in [0, 0.05) is 31.0 Å². The van der Waals surface area contributed by atoms with E-state index in [4.69, 9.17) is 4.74 Å². The SMILES string of the molecule is COCC1(CNC2C[C@H]2c2ccccc2)CCN(C2(C(=O)O)CCC2)CC1. The first kappa shape index (κ1) is 18.9. The van der Waals surface area contributed by atoms with Crippen molar-refractivity contribution in [3.8, 4) is 0 Å². The van der Waals surface area contributed by atoms with Crippen LogP contribution in [0.3, 0.4) is 0 Å². The van der Waals surface area contributed by atoms with E-state index in [-0.39, 0.29) is 5.41 Å². The van der Waals surface area contributed by atoms with Crippen LogP contribution in [0.25, 0.3) is 0 Å². The average molecular weight is 373 g/mol. The molecule has 5 nitrogen and oxygen atoms in total. The van der Waals surface area contributed by atoms with Crippen LogP contribution in [0.1, 0.15) is 50.0 Å². The molecule has 1 aromatic carbocycles. The zero-order valence-electron chi connectivity index (χ0n) is 16.3. The maximum atomic E-state index is 11.8. The summed E-state index contributed by atoms with van der Waals surface area (Å²) in [7, 11) is 1.78. The number of ether oxygens (including phenoxy) is 1. The number of benzene rings is 1. The van der Waals surface area contributed by atoms with Crippen LogP contribution >= 0.6 is 0 Å². The highest BCUT2D eigenvalue weighted by atomic mass is 16.5. The van der Waals surface area contributed by atoms with Gasteiger partial charge in [0.2, 0.25) is 0 Å². The molecule has 0 amide bonds. The number of aliphatic carboxylic acids is 1. The molecule has 2 aliphatic carbocycles. The predicted octanol–water partition coefficient (Wildman–Crippen LogP) is 2.87. The number of likely N-dealkylation sites (tertiary alicyclic amines) is 1. The third-order valence-corrected chi connectivity index (χ3v) is 7.22. The Bertz CT molecular complexity index is 651.